The molecule has 0 heterocycles. The first kappa shape index (κ1) is 14.3. The fourth-order valence-electron chi connectivity index (χ4n) is 2.11. The van der Waals surface area contributed by atoms with Crippen molar-refractivity contribution in [1.82, 2.24) is 5.32 Å². The van der Waals surface area contributed by atoms with E-state index in [0.29, 0.717) is 12.3 Å². The van der Waals surface area contributed by atoms with Crippen molar-refractivity contribution in [2.24, 2.45) is 5.73 Å². The van der Waals surface area contributed by atoms with E-state index in [9.17, 15) is 4.79 Å². The highest BCUT2D eigenvalue weighted by molar-refractivity contribution is 5.88. The van der Waals surface area contributed by atoms with Crippen LogP contribution in [-0.2, 0) is 11.3 Å². The van der Waals surface area contributed by atoms with Crippen molar-refractivity contribution >= 4 is 16.7 Å². The van der Waals surface area contributed by atoms with Gasteiger partial charge >= 0.3 is 0 Å². The fourth-order valence-corrected chi connectivity index (χ4v) is 2.11. The van der Waals surface area contributed by atoms with Gasteiger partial charge in [-0.25, -0.2) is 0 Å². The summed E-state index contributed by atoms with van der Waals surface area (Å²) < 4.78 is 5.70. The lowest BCUT2D eigenvalue weighted by molar-refractivity contribution is -0.123. The van der Waals surface area contributed by atoms with E-state index in [4.69, 9.17) is 10.5 Å². The lowest BCUT2D eigenvalue weighted by Crippen LogP contribution is -2.31. The van der Waals surface area contributed by atoms with Gasteiger partial charge in [0.1, 0.15) is 5.75 Å². The van der Waals surface area contributed by atoms with Crippen LogP contribution < -0.4 is 15.8 Å². The maximum absolute atomic E-state index is 11.2. The minimum atomic E-state index is -0.642. The van der Waals surface area contributed by atoms with Crippen LogP contribution >= 0.6 is 0 Å². The molecule has 0 fully saturated rings. The molecule has 1 amide bonds. The molecule has 0 saturated heterocycles. The summed E-state index contributed by atoms with van der Waals surface area (Å²) in [5.74, 6) is 0.239. The average Bonchev–Trinajstić information content (AvgIpc) is 2.45. The third-order valence-electron chi connectivity index (χ3n) is 3.25. The van der Waals surface area contributed by atoms with E-state index in [1.807, 2.05) is 24.3 Å². The molecule has 0 aliphatic heterocycles. The SMILES string of the molecule is CCNCc1c(OC(C)C(N)=O)ccc2ccccc12. The van der Waals surface area contributed by atoms with Crippen molar-refractivity contribution < 1.29 is 9.53 Å². The summed E-state index contributed by atoms with van der Waals surface area (Å²) >= 11 is 0. The Morgan fingerprint density at radius 3 is 2.75 bits per heavy atom. The zero-order chi connectivity index (χ0) is 14.5. The Bertz CT molecular complexity index is 610. The van der Waals surface area contributed by atoms with E-state index in [2.05, 4.69) is 24.4 Å². The summed E-state index contributed by atoms with van der Waals surface area (Å²) in [6.07, 6.45) is -0.642. The average molecular weight is 272 g/mol. The van der Waals surface area contributed by atoms with Crippen molar-refractivity contribution in [3.63, 3.8) is 0 Å². The first-order chi connectivity index (χ1) is 9.63. The Morgan fingerprint density at radius 1 is 1.30 bits per heavy atom. The first-order valence-corrected chi connectivity index (χ1v) is 6.80. The number of fused-ring (bicyclic) bond motifs is 1. The molecule has 106 valence electrons. The zero-order valence-electron chi connectivity index (χ0n) is 11.8. The van der Waals surface area contributed by atoms with Crippen LogP contribution in [0.2, 0.25) is 0 Å². The predicted molar refractivity (Wildman–Crippen MR) is 80.6 cm³/mol. The highest BCUT2D eigenvalue weighted by atomic mass is 16.5. The number of hydrogen-bond acceptors (Lipinski definition) is 3. The molecule has 2 aromatic rings. The molecule has 1 atom stereocenters. The van der Waals surface area contributed by atoms with Gasteiger partial charge in [0.2, 0.25) is 0 Å². The minimum absolute atomic E-state index is 0.465. The Hall–Kier alpha value is -2.07. The molecule has 3 N–H and O–H groups in total. The lowest BCUT2D eigenvalue weighted by atomic mass is 10.0. The summed E-state index contributed by atoms with van der Waals surface area (Å²) in [5.41, 5.74) is 6.32. The monoisotopic (exact) mass is 272 g/mol. The van der Waals surface area contributed by atoms with E-state index in [-0.39, 0.29) is 0 Å². The predicted octanol–water partition coefficient (Wildman–Crippen LogP) is 2.20. The van der Waals surface area contributed by atoms with Crippen molar-refractivity contribution in [3.05, 3.63) is 42.0 Å². The number of carbonyl (C=O) groups excluding carboxylic acids is 1. The Kier molecular flexibility index (Phi) is 4.58. The van der Waals surface area contributed by atoms with Crippen LogP contribution in [0, 0.1) is 0 Å². The summed E-state index contributed by atoms with van der Waals surface area (Å²) in [7, 11) is 0. The molecular weight excluding hydrogens is 252 g/mol. The normalized spacial score (nSPS) is 12.3. The Balaban J connectivity index is 2.44. The van der Waals surface area contributed by atoms with Gasteiger partial charge in [0.15, 0.2) is 6.10 Å². The van der Waals surface area contributed by atoms with Crippen LogP contribution in [0.15, 0.2) is 36.4 Å². The Labute approximate surface area is 118 Å². The summed E-state index contributed by atoms with van der Waals surface area (Å²) in [5, 5.41) is 5.58. The van der Waals surface area contributed by atoms with Gasteiger partial charge in [-0.05, 0) is 30.3 Å². The second-order valence-electron chi connectivity index (χ2n) is 4.71. The van der Waals surface area contributed by atoms with E-state index in [1.165, 1.54) is 0 Å². The number of nitrogens with one attached hydrogen (secondary N) is 1. The van der Waals surface area contributed by atoms with Gasteiger partial charge in [0.05, 0.1) is 0 Å². The van der Waals surface area contributed by atoms with Gasteiger partial charge in [-0.2, -0.15) is 0 Å². The molecule has 2 rings (SSSR count). The van der Waals surface area contributed by atoms with Gasteiger partial charge in [-0.3, -0.25) is 4.79 Å². The molecule has 0 aromatic heterocycles. The van der Waals surface area contributed by atoms with Gasteiger partial charge in [-0.15, -0.1) is 0 Å². The van der Waals surface area contributed by atoms with Crippen molar-refractivity contribution in [1.29, 1.82) is 0 Å². The molecule has 0 bridgehead atoms. The quantitative estimate of drug-likeness (QED) is 0.847. The number of amides is 1. The largest absolute Gasteiger partial charge is 0.481 e. The standard InChI is InChI=1S/C16H20N2O2/c1-3-18-10-14-13-7-5-4-6-12(13)8-9-15(14)20-11(2)16(17)19/h4-9,11,18H,3,10H2,1-2H3,(H2,17,19). The number of hydrogen-bond donors (Lipinski definition) is 2. The zero-order valence-corrected chi connectivity index (χ0v) is 11.8. The number of rotatable bonds is 6. The summed E-state index contributed by atoms with van der Waals surface area (Å²) in [4.78, 5) is 11.2. The molecule has 2 aromatic carbocycles. The van der Waals surface area contributed by atoms with Crippen LogP contribution in [0.5, 0.6) is 5.75 Å². The summed E-state index contributed by atoms with van der Waals surface area (Å²) in [6.45, 7) is 5.28. The van der Waals surface area contributed by atoms with E-state index < -0.39 is 12.0 Å². The van der Waals surface area contributed by atoms with Gasteiger partial charge in [-0.1, -0.05) is 37.3 Å². The molecule has 1 unspecified atom stereocenters. The lowest BCUT2D eigenvalue weighted by Gasteiger charge is -2.17. The van der Waals surface area contributed by atoms with Crippen LogP contribution in [0.1, 0.15) is 19.4 Å². The highest BCUT2D eigenvalue weighted by Crippen LogP contribution is 2.28. The molecule has 20 heavy (non-hydrogen) atoms. The first-order valence-electron chi connectivity index (χ1n) is 6.80. The van der Waals surface area contributed by atoms with Gasteiger partial charge in [0, 0.05) is 12.1 Å². The number of primary amides is 1. The molecule has 0 spiro atoms. The molecule has 0 radical (unpaired) electrons. The third kappa shape index (κ3) is 3.08. The molecule has 4 nitrogen and oxygen atoms in total. The summed E-state index contributed by atoms with van der Waals surface area (Å²) in [6, 6.07) is 12.0. The van der Waals surface area contributed by atoms with Crippen LogP contribution in [0.3, 0.4) is 0 Å². The van der Waals surface area contributed by atoms with Crippen LogP contribution in [0.4, 0.5) is 0 Å². The van der Waals surface area contributed by atoms with E-state index in [1.54, 1.807) is 6.92 Å². The smallest absolute Gasteiger partial charge is 0.258 e. The third-order valence-corrected chi connectivity index (χ3v) is 3.25. The van der Waals surface area contributed by atoms with Crippen LogP contribution in [-0.4, -0.2) is 18.6 Å². The van der Waals surface area contributed by atoms with E-state index >= 15 is 0 Å². The van der Waals surface area contributed by atoms with E-state index in [0.717, 1.165) is 22.9 Å². The number of carbonyl (C=O) groups is 1. The van der Waals surface area contributed by atoms with Crippen molar-refractivity contribution in [2.45, 2.75) is 26.5 Å². The fraction of sp³-hybridized carbons (Fsp3) is 0.312. The second-order valence-corrected chi connectivity index (χ2v) is 4.71. The minimum Gasteiger partial charge on any atom is -0.481 e. The van der Waals surface area contributed by atoms with Gasteiger partial charge in [0.25, 0.3) is 5.91 Å². The highest BCUT2D eigenvalue weighted by Gasteiger charge is 2.14. The topological polar surface area (TPSA) is 64.3 Å². The number of benzene rings is 2. The molecule has 4 heteroatoms. The molecular formula is C16H20N2O2. The molecule has 0 aliphatic rings. The number of nitrogens with two attached hydrogens (primary N) is 1. The molecule has 0 saturated carbocycles. The van der Waals surface area contributed by atoms with Crippen molar-refractivity contribution in [3.8, 4) is 5.75 Å². The van der Waals surface area contributed by atoms with Crippen molar-refractivity contribution in [2.75, 3.05) is 6.54 Å². The van der Waals surface area contributed by atoms with Gasteiger partial charge < -0.3 is 15.8 Å². The van der Waals surface area contributed by atoms with Crippen LogP contribution in [0.25, 0.3) is 10.8 Å². The number of ether oxygens (including phenoxy) is 1. The maximum atomic E-state index is 11.2. The Morgan fingerprint density at radius 2 is 2.05 bits per heavy atom. The molecule has 0 aliphatic carbocycles. The second kappa shape index (κ2) is 6.39. The maximum Gasteiger partial charge on any atom is 0.258 e.